The molecule has 2 N–H and O–H groups in total. The van der Waals surface area contributed by atoms with Crippen LogP contribution in [-0.4, -0.2) is 45.9 Å². The van der Waals surface area contributed by atoms with Gasteiger partial charge in [-0.05, 0) is 68.1 Å². The van der Waals surface area contributed by atoms with Crippen molar-refractivity contribution in [2.45, 2.75) is 25.7 Å². The largest absolute Gasteiger partial charge is 0.439 e. The van der Waals surface area contributed by atoms with Gasteiger partial charge in [-0.1, -0.05) is 17.7 Å². The molecule has 2 aromatic carbocycles. The molecule has 0 amide bonds. The third kappa shape index (κ3) is 5.63. The third-order valence-electron chi connectivity index (χ3n) is 6.12. The molecule has 0 saturated carbocycles. The van der Waals surface area contributed by atoms with Crippen LogP contribution in [0.15, 0.2) is 59.8 Å². The Morgan fingerprint density at radius 1 is 0.972 bits per heavy atom. The van der Waals surface area contributed by atoms with Crippen molar-refractivity contribution in [3.8, 4) is 22.9 Å². The Hall–Kier alpha value is -3.56. The Kier molecular flexibility index (Phi) is 7.11. The highest BCUT2D eigenvalue weighted by molar-refractivity contribution is 8.00. The van der Waals surface area contributed by atoms with Gasteiger partial charge in [0.1, 0.15) is 5.75 Å². The molecule has 2 aromatic heterocycles. The highest BCUT2D eigenvalue weighted by atomic mass is 32.2. The van der Waals surface area contributed by atoms with Crippen molar-refractivity contribution in [3.63, 3.8) is 0 Å². The van der Waals surface area contributed by atoms with Crippen LogP contribution in [0.2, 0.25) is 0 Å². The minimum absolute atomic E-state index is 0.480. The number of aromatic nitrogens is 4. The van der Waals surface area contributed by atoms with Crippen molar-refractivity contribution in [1.82, 2.24) is 25.1 Å². The first-order chi connectivity index (χ1) is 17.4. The topological polar surface area (TPSA) is 80.1 Å². The summed E-state index contributed by atoms with van der Waals surface area (Å²) in [5, 5.41) is 7.62. The molecular weight excluding hydrogens is 470 g/mol. The highest BCUT2D eigenvalue weighted by Gasteiger charge is 2.15. The number of rotatable bonds is 7. The van der Waals surface area contributed by atoms with E-state index in [1.54, 1.807) is 10.9 Å². The lowest BCUT2D eigenvalue weighted by Crippen LogP contribution is -2.43. The summed E-state index contributed by atoms with van der Waals surface area (Å²) in [6.07, 6.45) is 3.74. The van der Waals surface area contributed by atoms with Crippen LogP contribution in [0.5, 0.6) is 11.6 Å². The molecule has 1 saturated heterocycles. The van der Waals surface area contributed by atoms with Crippen LogP contribution in [0.4, 0.5) is 11.6 Å². The normalized spacial score (nSPS) is 13.6. The van der Waals surface area contributed by atoms with Gasteiger partial charge < -0.3 is 15.0 Å². The standard InChI is InChI=1S/C27H31N7OS/c1-18-13-19(2)26(20(3)14-18)24-15-25(31-27(30-24)32-36-23-16-29-33(4)17-23)35-22-7-5-21(6-8-22)34-11-9-28-10-12-34/h5-8,13-17,28H,9-12H2,1-4H3,(H,30,31,32). The van der Waals surface area contributed by atoms with Gasteiger partial charge in [0, 0.05) is 56.7 Å². The van der Waals surface area contributed by atoms with Gasteiger partial charge in [-0.3, -0.25) is 9.40 Å². The lowest BCUT2D eigenvalue weighted by atomic mass is 9.97. The van der Waals surface area contributed by atoms with Crippen molar-refractivity contribution in [1.29, 1.82) is 0 Å². The lowest BCUT2D eigenvalue weighted by Gasteiger charge is -2.29. The van der Waals surface area contributed by atoms with Crippen LogP contribution in [0.1, 0.15) is 16.7 Å². The molecule has 0 radical (unpaired) electrons. The van der Waals surface area contributed by atoms with Crippen molar-refractivity contribution in [2.24, 2.45) is 7.05 Å². The zero-order valence-corrected chi connectivity index (χ0v) is 21.9. The number of anilines is 2. The van der Waals surface area contributed by atoms with Gasteiger partial charge >= 0.3 is 0 Å². The molecule has 0 bridgehead atoms. The molecule has 9 heteroatoms. The summed E-state index contributed by atoms with van der Waals surface area (Å²) in [6.45, 7) is 10.4. The van der Waals surface area contributed by atoms with E-state index in [1.165, 1.54) is 34.3 Å². The fourth-order valence-corrected chi connectivity index (χ4v) is 5.17. The zero-order valence-electron chi connectivity index (χ0n) is 21.1. The number of hydrogen-bond donors (Lipinski definition) is 2. The molecule has 186 valence electrons. The zero-order chi connectivity index (χ0) is 25.1. The molecule has 0 aliphatic carbocycles. The molecule has 1 aliphatic heterocycles. The molecule has 0 spiro atoms. The summed E-state index contributed by atoms with van der Waals surface area (Å²) in [5.41, 5.74) is 6.69. The molecule has 5 rings (SSSR count). The quantitative estimate of drug-likeness (QED) is 0.338. The number of piperazine rings is 1. The summed E-state index contributed by atoms with van der Waals surface area (Å²) in [7, 11) is 1.89. The monoisotopic (exact) mass is 501 g/mol. The summed E-state index contributed by atoms with van der Waals surface area (Å²) in [5.74, 6) is 1.71. The first kappa shape index (κ1) is 24.1. The molecule has 0 unspecified atom stereocenters. The lowest BCUT2D eigenvalue weighted by molar-refractivity contribution is 0.463. The number of ether oxygens (including phenoxy) is 1. The van der Waals surface area contributed by atoms with Crippen LogP contribution >= 0.6 is 11.9 Å². The maximum atomic E-state index is 6.24. The van der Waals surface area contributed by atoms with Gasteiger partial charge in [0.2, 0.25) is 11.8 Å². The van der Waals surface area contributed by atoms with Crippen LogP contribution in [0.3, 0.4) is 0 Å². The van der Waals surface area contributed by atoms with E-state index >= 15 is 0 Å². The second-order valence-electron chi connectivity index (χ2n) is 9.08. The van der Waals surface area contributed by atoms with Gasteiger partial charge in [0.15, 0.2) is 0 Å². The van der Waals surface area contributed by atoms with E-state index in [4.69, 9.17) is 9.72 Å². The number of aryl methyl sites for hydroxylation is 4. The van der Waals surface area contributed by atoms with Crippen LogP contribution in [0.25, 0.3) is 11.3 Å². The minimum atomic E-state index is 0.480. The maximum Gasteiger partial charge on any atom is 0.237 e. The van der Waals surface area contributed by atoms with Gasteiger partial charge in [0.05, 0.1) is 16.8 Å². The SMILES string of the molecule is Cc1cc(C)c(-c2cc(Oc3ccc(N4CCNCC4)cc3)nc(NSc3cnn(C)c3)n2)c(C)c1. The van der Waals surface area contributed by atoms with E-state index < -0.39 is 0 Å². The Morgan fingerprint density at radius 3 is 2.36 bits per heavy atom. The molecule has 36 heavy (non-hydrogen) atoms. The van der Waals surface area contributed by atoms with E-state index in [9.17, 15) is 0 Å². The van der Waals surface area contributed by atoms with Gasteiger partial charge in [-0.25, -0.2) is 4.98 Å². The van der Waals surface area contributed by atoms with E-state index in [-0.39, 0.29) is 0 Å². The van der Waals surface area contributed by atoms with Gasteiger partial charge in [-0.2, -0.15) is 10.1 Å². The number of benzene rings is 2. The maximum absolute atomic E-state index is 6.24. The Balaban J connectivity index is 1.43. The van der Waals surface area contributed by atoms with Crippen LogP contribution in [-0.2, 0) is 7.05 Å². The summed E-state index contributed by atoms with van der Waals surface area (Å²) >= 11 is 1.42. The molecular formula is C27H31N7OS. The van der Waals surface area contributed by atoms with E-state index in [2.05, 4.69) is 70.1 Å². The Morgan fingerprint density at radius 2 is 1.69 bits per heavy atom. The first-order valence-corrected chi connectivity index (χ1v) is 12.9. The summed E-state index contributed by atoms with van der Waals surface area (Å²) in [6, 6.07) is 14.5. The smallest absolute Gasteiger partial charge is 0.237 e. The fraction of sp³-hybridized carbons (Fsp3) is 0.296. The molecule has 3 heterocycles. The predicted octanol–water partition coefficient (Wildman–Crippen LogP) is 5.12. The van der Waals surface area contributed by atoms with E-state index in [0.717, 1.165) is 48.1 Å². The van der Waals surface area contributed by atoms with Gasteiger partial charge in [-0.15, -0.1) is 0 Å². The highest BCUT2D eigenvalue weighted by Crippen LogP contribution is 2.32. The molecule has 8 nitrogen and oxygen atoms in total. The average molecular weight is 502 g/mol. The minimum Gasteiger partial charge on any atom is -0.439 e. The average Bonchev–Trinajstić information content (AvgIpc) is 3.28. The molecule has 4 aromatic rings. The molecule has 1 fully saturated rings. The van der Waals surface area contributed by atoms with Crippen molar-refractivity contribution < 1.29 is 4.74 Å². The summed E-state index contributed by atoms with van der Waals surface area (Å²) in [4.78, 5) is 12.8. The molecule has 0 atom stereocenters. The predicted molar refractivity (Wildman–Crippen MR) is 146 cm³/mol. The number of nitrogens with one attached hydrogen (secondary N) is 2. The first-order valence-electron chi connectivity index (χ1n) is 12.1. The molecule has 1 aliphatic rings. The van der Waals surface area contributed by atoms with Crippen LogP contribution < -0.4 is 19.7 Å². The third-order valence-corrected chi connectivity index (χ3v) is 6.85. The Bertz CT molecular complexity index is 1320. The van der Waals surface area contributed by atoms with Crippen LogP contribution in [0, 0.1) is 20.8 Å². The Labute approximate surface area is 216 Å². The van der Waals surface area contributed by atoms with Crippen molar-refractivity contribution in [3.05, 3.63) is 71.5 Å². The second kappa shape index (κ2) is 10.6. The van der Waals surface area contributed by atoms with Crippen molar-refractivity contribution in [2.75, 3.05) is 35.8 Å². The summed E-state index contributed by atoms with van der Waals surface area (Å²) < 4.78 is 11.3. The van der Waals surface area contributed by atoms with Gasteiger partial charge in [0.25, 0.3) is 0 Å². The van der Waals surface area contributed by atoms with E-state index in [0.29, 0.717) is 11.8 Å². The number of nitrogens with zero attached hydrogens (tertiary/aromatic N) is 5. The van der Waals surface area contributed by atoms with Crippen molar-refractivity contribution >= 4 is 23.6 Å². The number of hydrogen-bond acceptors (Lipinski definition) is 8. The second-order valence-corrected chi connectivity index (χ2v) is 9.96. The van der Waals surface area contributed by atoms with E-state index in [1.807, 2.05) is 31.4 Å². The fourth-order valence-electron chi connectivity index (χ4n) is 4.56.